The zero-order valence-corrected chi connectivity index (χ0v) is 39.8. The maximum Gasteiger partial charge on any atom is 0.159 e. The third-order valence-electron chi connectivity index (χ3n) is 16.2. The number of nitrogens with zero attached hydrogens (tertiary/aromatic N) is 2. The molecule has 4 aliphatic carbocycles. The van der Waals surface area contributed by atoms with E-state index in [1.54, 1.807) is 0 Å². The van der Waals surface area contributed by atoms with Gasteiger partial charge in [0.1, 0.15) is 11.2 Å². The first-order valence-electron chi connectivity index (χ1n) is 25.4. The van der Waals surface area contributed by atoms with E-state index in [1.165, 1.54) is 106 Å². The predicted molar refractivity (Wildman–Crippen MR) is 287 cm³/mol. The molecule has 2 aromatic heterocycles. The molecule has 0 aliphatic heterocycles. The van der Waals surface area contributed by atoms with Crippen molar-refractivity contribution in [1.29, 1.82) is 0 Å². The minimum Gasteiger partial charge on any atom is -0.454 e. The van der Waals surface area contributed by atoms with Crippen molar-refractivity contribution in [3.05, 3.63) is 198 Å². The van der Waals surface area contributed by atoms with Crippen molar-refractivity contribution in [1.82, 2.24) is 0 Å². The van der Waals surface area contributed by atoms with Gasteiger partial charge in [0.15, 0.2) is 11.3 Å². The molecule has 8 aromatic rings. The van der Waals surface area contributed by atoms with E-state index in [0.29, 0.717) is 11.8 Å². The first-order valence-corrected chi connectivity index (χ1v) is 25.4. The Kier molecular flexibility index (Phi) is 10.9. The molecule has 0 bridgehead atoms. The van der Waals surface area contributed by atoms with Gasteiger partial charge in [0.05, 0.1) is 17.4 Å². The van der Waals surface area contributed by atoms with Gasteiger partial charge < -0.3 is 18.6 Å². The Morgan fingerprint density at radius 2 is 1.35 bits per heavy atom. The zero-order chi connectivity index (χ0) is 46.0. The van der Waals surface area contributed by atoms with Gasteiger partial charge in [-0.05, 0) is 144 Å². The van der Waals surface area contributed by atoms with Gasteiger partial charge in [-0.2, -0.15) is 0 Å². The van der Waals surface area contributed by atoms with Gasteiger partial charge in [-0.3, -0.25) is 0 Å². The molecule has 2 saturated carbocycles. The van der Waals surface area contributed by atoms with E-state index in [9.17, 15) is 0 Å². The molecule has 2 heterocycles. The normalized spacial score (nSPS) is 17.9. The zero-order valence-electron chi connectivity index (χ0n) is 39.8. The highest BCUT2D eigenvalue weighted by Crippen LogP contribution is 2.51. The van der Waals surface area contributed by atoms with E-state index in [-0.39, 0.29) is 12.0 Å². The molecule has 68 heavy (non-hydrogen) atoms. The molecule has 12 rings (SSSR count). The van der Waals surface area contributed by atoms with Gasteiger partial charge in [-0.15, -0.1) is 6.58 Å². The predicted octanol–water partition coefficient (Wildman–Crippen LogP) is 18.5. The van der Waals surface area contributed by atoms with Crippen LogP contribution in [0.2, 0.25) is 0 Å². The molecule has 4 aliphatic rings. The number of para-hydroxylation sites is 4. The summed E-state index contributed by atoms with van der Waals surface area (Å²) >= 11 is 0. The molecule has 340 valence electrons. The number of rotatable bonds is 12. The van der Waals surface area contributed by atoms with Crippen LogP contribution in [-0.2, 0) is 6.42 Å². The highest BCUT2D eigenvalue weighted by atomic mass is 16.3. The second-order valence-electron chi connectivity index (χ2n) is 20.2. The Morgan fingerprint density at radius 1 is 0.691 bits per heavy atom. The summed E-state index contributed by atoms with van der Waals surface area (Å²) in [6.45, 7) is 18.0. The minimum absolute atomic E-state index is 0.0460. The molecule has 4 nitrogen and oxygen atoms in total. The molecule has 6 aromatic carbocycles. The van der Waals surface area contributed by atoms with Crippen LogP contribution in [0, 0.1) is 12.8 Å². The maximum atomic E-state index is 7.19. The number of anilines is 3. The van der Waals surface area contributed by atoms with E-state index in [2.05, 4.69) is 164 Å². The molecule has 0 amide bonds. The van der Waals surface area contributed by atoms with E-state index < -0.39 is 0 Å². The Balaban J connectivity index is 1.03. The number of fused-ring (bicyclic) bond motifs is 9. The molecule has 4 heteroatoms. The summed E-state index contributed by atoms with van der Waals surface area (Å²) in [6.07, 6.45) is 22.5. The molecular weight excluding hydrogens is 829 g/mol. The third-order valence-corrected chi connectivity index (χ3v) is 16.2. The fraction of sp³-hybridized carbons (Fsp3) is 0.281. The number of aryl methyl sites for hydroxylation is 2. The molecule has 2 fully saturated rings. The maximum absolute atomic E-state index is 7.19. The number of hydrogen-bond donors (Lipinski definition) is 0. The van der Waals surface area contributed by atoms with Gasteiger partial charge >= 0.3 is 0 Å². The third kappa shape index (κ3) is 6.93. The molecule has 0 N–H and O–H groups in total. The van der Waals surface area contributed by atoms with Gasteiger partial charge in [-0.25, -0.2) is 0 Å². The van der Waals surface area contributed by atoms with Crippen LogP contribution in [-0.4, -0.2) is 0 Å². The molecular formula is C64H62N2O2. The Morgan fingerprint density at radius 3 is 2.07 bits per heavy atom. The van der Waals surface area contributed by atoms with Crippen LogP contribution in [0.1, 0.15) is 135 Å². The van der Waals surface area contributed by atoms with Gasteiger partial charge in [0.25, 0.3) is 0 Å². The molecule has 0 spiro atoms. The summed E-state index contributed by atoms with van der Waals surface area (Å²) < 4.78 is 14.4. The lowest BCUT2D eigenvalue weighted by Crippen LogP contribution is -2.32. The van der Waals surface area contributed by atoms with Crippen molar-refractivity contribution in [2.75, 3.05) is 9.80 Å². The van der Waals surface area contributed by atoms with E-state index in [4.69, 9.17) is 15.4 Å². The van der Waals surface area contributed by atoms with Gasteiger partial charge in [-0.1, -0.05) is 155 Å². The Bertz CT molecular complexity index is 3380. The average molecular weight is 891 g/mol. The number of allylic oxidation sites excluding steroid dienone is 5. The second-order valence-corrected chi connectivity index (χ2v) is 20.2. The SMILES string of the molecule is C=CCC(C)C(=C)N(c1cccc2c1oc1c(C3CCCC3)cccc12)C1CC=C(C=C)c2c1ccc1ccc(N(C3=CCCc4c3oc3c(C5CCCC5)cccc43)c3ccccc3C)cc21. The summed E-state index contributed by atoms with van der Waals surface area (Å²) in [5.74, 6) is 2.26. The average Bonchev–Trinajstić information content (AvgIpc) is 4.22. The van der Waals surface area contributed by atoms with Crippen molar-refractivity contribution in [2.45, 2.75) is 109 Å². The fourth-order valence-electron chi connectivity index (χ4n) is 12.7. The standard InChI is InChI=1S/C64H62N2O2/c1-6-18-40(3)42(5)65(58-31-16-28-52-50-26-14-24-48(44-20-9-10-21-44)61(50)67-63(52)58)57-38-35-43(7-2)60-54(57)37-34-46-33-36-47(39-55(46)60)66(56-30-13-8-19-41(56)4)59-32-17-29-53-51-27-15-25-49(45-22-11-12-23-45)62(51)68-64(53)59/h6-8,13-16,19,24-28,30-37,39-40,44-45,57H,1-2,5,9-12,17-18,20-23,29,38H2,3-4H3. The quantitative estimate of drug-likeness (QED) is 0.114. The summed E-state index contributed by atoms with van der Waals surface area (Å²) in [7, 11) is 0. The van der Waals surface area contributed by atoms with E-state index in [0.717, 1.165) is 87.6 Å². The van der Waals surface area contributed by atoms with Crippen molar-refractivity contribution >= 4 is 72.0 Å². The first-order chi connectivity index (χ1) is 33.4. The highest BCUT2D eigenvalue weighted by Gasteiger charge is 2.35. The first kappa shape index (κ1) is 42.6. The molecule has 0 radical (unpaired) electrons. The van der Waals surface area contributed by atoms with Crippen molar-refractivity contribution in [3.63, 3.8) is 0 Å². The lowest BCUT2D eigenvalue weighted by molar-refractivity contribution is 0.576. The lowest BCUT2D eigenvalue weighted by Gasteiger charge is -2.40. The summed E-state index contributed by atoms with van der Waals surface area (Å²) in [5, 5.41) is 6.02. The van der Waals surface area contributed by atoms with E-state index in [1.807, 2.05) is 6.08 Å². The number of hydrogen-bond acceptors (Lipinski definition) is 4. The van der Waals surface area contributed by atoms with Crippen molar-refractivity contribution < 1.29 is 8.83 Å². The summed E-state index contributed by atoms with van der Waals surface area (Å²) in [6, 6.07) is 40.8. The smallest absolute Gasteiger partial charge is 0.159 e. The largest absolute Gasteiger partial charge is 0.454 e. The van der Waals surface area contributed by atoms with Crippen LogP contribution in [0.3, 0.4) is 0 Å². The van der Waals surface area contributed by atoms with Crippen LogP contribution in [0.4, 0.5) is 17.1 Å². The van der Waals surface area contributed by atoms with E-state index >= 15 is 0 Å². The van der Waals surface area contributed by atoms with Crippen LogP contribution in [0.25, 0.3) is 55.0 Å². The molecule has 2 unspecified atom stereocenters. The monoisotopic (exact) mass is 890 g/mol. The lowest BCUT2D eigenvalue weighted by atomic mass is 9.82. The van der Waals surface area contributed by atoms with Crippen LogP contribution in [0.5, 0.6) is 0 Å². The summed E-state index contributed by atoms with van der Waals surface area (Å²) in [5.41, 5.74) is 17.5. The van der Waals surface area contributed by atoms with Gasteiger partial charge in [0, 0.05) is 38.8 Å². The van der Waals surface area contributed by atoms with Crippen molar-refractivity contribution in [3.8, 4) is 0 Å². The van der Waals surface area contributed by atoms with Gasteiger partial charge in [0.2, 0.25) is 0 Å². The number of benzene rings is 6. The Labute approximate surface area is 401 Å². The molecule has 2 atom stereocenters. The minimum atomic E-state index is -0.0460. The van der Waals surface area contributed by atoms with Crippen LogP contribution in [0.15, 0.2) is 168 Å². The molecule has 0 saturated heterocycles. The number of furan rings is 2. The Hall–Kier alpha value is -6.78. The van der Waals surface area contributed by atoms with Crippen molar-refractivity contribution in [2.24, 2.45) is 5.92 Å². The van der Waals surface area contributed by atoms with Crippen LogP contribution < -0.4 is 9.80 Å². The van der Waals surface area contributed by atoms with Crippen LogP contribution >= 0.6 is 0 Å². The fourth-order valence-corrected chi connectivity index (χ4v) is 12.7. The summed E-state index contributed by atoms with van der Waals surface area (Å²) in [4.78, 5) is 4.98. The second kappa shape index (κ2) is 17.4. The topological polar surface area (TPSA) is 32.8 Å². The highest BCUT2D eigenvalue weighted by molar-refractivity contribution is 6.10.